The fourth-order valence-electron chi connectivity index (χ4n) is 2.24. The average molecular weight is 238 g/mol. The van der Waals surface area contributed by atoms with Crippen LogP contribution in [0.3, 0.4) is 0 Å². The maximum Gasteiger partial charge on any atom is 0.0948 e. The summed E-state index contributed by atoms with van der Waals surface area (Å²) in [5, 5.41) is 0. The Hall–Kier alpha value is -0.870. The van der Waals surface area contributed by atoms with Crippen LogP contribution in [-0.4, -0.2) is 39.6 Å². The third-order valence-corrected chi connectivity index (χ3v) is 3.12. The molecular formula is C13H26N4. The summed E-state index contributed by atoms with van der Waals surface area (Å²) in [7, 11) is 0. The molecular weight excluding hydrogens is 212 g/mol. The van der Waals surface area contributed by atoms with Crippen molar-refractivity contribution in [3.63, 3.8) is 0 Å². The number of nitrogens with two attached hydrogens (primary N) is 1. The Bertz CT molecular complexity index is 309. The molecule has 1 aromatic heterocycles. The van der Waals surface area contributed by atoms with E-state index in [1.165, 1.54) is 5.69 Å². The highest BCUT2D eigenvalue weighted by Crippen LogP contribution is 2.07. The van der Waals surface area contributed by atoms with Crippen molar-refractivity contribution in [3.05, 3.63) is 18.2 Å². The van der Waals surface area contributed by atoms with Crippen LogP contribution in [0, 0.1) is 0 Å². The van der Waals surface area contributed by atoms with Gasteiger partial charge >= 0.3 is 0 Å². The largest absolute Gasteiger partial charge is 0.333 e. The molecule has 0 aliphatic heterocycles. The van der Waals surface area contributed by atoms with Crippen LogP contribution in [-0.2, 0) is 13.0 Å². The van der Waals surface area contributed by atoms with Gasteiger partial charge in [0, 0.05) is 43.5 Å². The highest BCUT2D eigenvalue weighted by atomic mass is 15.2. The molecule has 1 aromatic rings. The van der Waals surface area contributed by atoms with Gasteiger partial charge in [0.1, 0.15) is 0 Å². The Kier molecular flexibility index (Phi) is 5.65. The lowest BCUT2D eigenvalue weighted by molar-refractivity contribution is 0.168. The standard InChI is InChI=1S/C13H26N4/c1-11(2)17(12(3)4)8-7-16-10-15-9-13(16)5-6-14/h9-12H,5-8,14H2,1-4H3. The van der Waals surface area contributed by atoms with Gasteiger partial charge in [0.25, 0.3) is 0 Å². The van der Waals surface area contributed by atoms with Gasteiger partial charge in [0.15, 0.2) is 0 Å². The molecule has 0 bridgehead atoms. The SMILES string of the molecule is CC(C)N(CCn1cncc1CCN)C(C)C. The predicted molar refractivity (Wildman–Crippen MR) is 72.0 cm³/mol. The minimum Gasteiger partial charge on any atom is -0.333 e. The van der Waals surface area contributed by atoms with Gasteiger partial charge in [0.05, 0.1) is 6.33 Å². The monoisotopic (exact) mass is 238 g/mol. The first kappa shape index (κ1) is 14.2. The van der Waals surface area contributed by atoms with E-state index in [-0.39, 0.29) is 0 Å². The number of hydrogen-bond acceptors (Lipinski definition) is 3. The van der Waals surface area contributed by atoms with Crippen molar-refractivity contribution < 1.29 is 0 Å². The Balaban J connectivity index is 2.56. The molecule has 0 aliphatic carbocycles. The molecule has 0 aliphatic rings. The Morgan fingerprint density at radius 2 is 1.94 bits per heavy atom. The zero-order valence-electron chi connectivity index (χ0n) is 11.6. The average Bonchev–Trinajstić information content (AvgIpc) is 2.65. The van der Waals surface area contributed by atoms with E-state index in [9.17, 15) is 0 Å². The van der Waals surface area contributed by atoms with Crippen molar-refractivity contribution in [2.75, 3.05) is 13.1 Å². The molecule has 0 radical (unpaired) electrons. The number of imidazole rings is 1. The van der Waals surface area contributed by atoms with Crippen molar-refractivity contribution in [1.82, 2.24) is 14.5 Å². The van der Waals surface area contributed by atoms with E-state index in [2.05, 4.69) is 42.1 Å². The molecule has 4 heteroatoms. The van der Waals surface area contributed by atoms with E-state index in [0.29, 0.717) is 18.6 Å². The Morgan fingerprint density at radius 3 is 2.47 bits per heavy atom. The van der Waals surface area contributed by atoms with E-state index in [0.717, 1.165) is 19.5 Å². The van der Waals surface area contributed by atoms with Gasteiger partial charge in [-0.05, 0) is 34.2 Å². The summed E-state index contributed by atoms with van der Waals surface area (Å²) in [4.78, 5) is 6.69. The number of hydrogen-bond donors (Lipinski definition) is 1. The second kappa shape index (κ2) is 6.77. The lowest BCUT2D eigenvalue weighted by Crippen LogP contribution is -2.39. The van der Waals surface area contributed by atoms with E-state index in [1.807, 2.05) is 12.5 Å². The van der Waals surface area contributed by atoms with E-state index in [4.69, 9.17) is 5.73 Å². The molecule has 4 nitrogen and oxygen atoms in total. The first-order valence-corrected chi connectivity index (χ1v) is 6.51. The molecule has 0 saturated carbocycles. The summed E-state index contributed by atoms with van der Waals surface area (Å²) in [6.07, 6.45) is 4.73. The van der Waals surface area contributed by atoms with E-state index < -0.39 is 0 Å². The zero-order chi connectivity index (χ0) is 12.8. The third kappa shape index (κ3) is 4.13. The summed E-state index contributed by atoms with van der Waals surface area (Å²) in [6.45, 7) is 11.7. The molecule has 1 heterocycles. The van der Waals surface area contributed by atoms with Crippen molar-refractivity contribution in [2.45, 2.75) is 52.7 Å². The number of aromatic nitrogens is 2. The summed E-state index contributed by atoms with van der Waals surface area (Å²) in [5.74, 6) is 0. The molecule has 0 spiro atoms. The lowest BCUT2D eigenvalue weighted by atomic mass is 10.2. The molecule has 17 heavy (non-hydrogen) atoms. The van der Waals surface area contributed by atoms with Crippen LogP contribution >= 0.6 is 0 Å². The van der Waals surface area contributed by atoms with Gasteiger partial charge in [0.2, 0.25) is 0 Å². The molecule has 0 fully saturated rings. The van der Waals surface area contributed by atoms with Gasteiger partial charge in [-0.3, -0.25) is 4.90 Å². The van der Waals surface area contributed by atoms with Crippen LogP contribution in [0.4, 0.5) is 0 Å². The molecule has 1 rings (SSSR count). The van der Waals surface area contributed by atoms with Gasteiger partial charge in [-0.2, -0.15) is 0 Å². The van der Waals surface area contributed by atoms with Gasteiger partial charge in [-0.15, -0.1) is 0 Å². The quantitative estimate of drug-likeness (QED) is 0.783. The van der Waals surface area contributed by atoms with Crippen LogP contribution in [0.5, 0.6) is 0 Å². The maximum absolute atomic E-state index is 5.59. The summed E-state index contributed by atoms with van der Waals surface area (Å²) >= 11 is 0. The second-order valence-electron chi connectivity index (χ2n) is 5.04. The molecule has 0 amide bonds. The topological polar surface area (TPSA) is 47.1 Å². The molecule has 0 saturated heterocycles. The van der Waals surface area contributed by atoms with Crippen molar-refractivity contribution >= 4 is 0 Å². The van der Waals surface area contributed by atoms with Gasteiger partial charge in [-0.25, -0.2) is 4.98 Å². The van der Waals surface area contributed by atoms with E-state index in [1.54, 1.807) is 0 Å². The first-order valence-electron chi connectivity index (χ1n) is 6.51. The van der Waals surface area contributed by atoms with E-state index >= 15 is 0 Å². The van der Waals surface area contributed by atoms with Crippen LogP contribution in [0.15, 0.2) is 12.5 Å². The molecule has 98 valence electrons. The predicted octanol–water partition coefficient (Wildman–Crippen LogP) is 1.50. The minimum atomic E-state index is 0.580. The normalized spacial score (nSPS) is 12.0. The molecule has 2 N–H and O–H groups in total. The smallest absolute Gasteiger partial charge is 0.0948 e. The zero-order valence-corrected chi connectivity index (χ0v) is 11.6. The molecule has 0 aromatic carbocycles. The second-order valence-corrected chi connectivity index (χ2v) is 5.04. The van der Waals surface area contributed by atoms with Crippen molar-refractivity contribution in [1.29, 1.82) is 0 Å². The molecule has 0 atom stereocenters. The van der Waals surface area contributed by atoms with Gasteiger partial charge in [-0.1, -0.05) is 0 Å². The summed E-state index contributed by atoms with van der Waals surface area (Å²) in [5.41, 5.74) is 6.83. The van der Waals surface area contributed by atoms with Crippen LogP contribution < -0.4 is 5.73 Å². The summed E-state index contributed by atoms with van der Waals surface area (Å²) < 4.78 is 2.21. The first-order chi connectivity index (χ1) is 8.06. The highest BCUT2D eigenvalue weighted by Gasteiger charge is 2.13. The Morgan fingerprint density at radius 1 is 1.29 bits per heavy atom. The fraction of sp³-hybridized carbons (Fsp3) is 0.769. The Labute approximate surface area is 105 Å². The highest BCUT2D eigenvalue weighted by molar-refractivity contribution is 4.99. The van der Waals surface area contributed by atoms with Gasteiger partial charge < -0.3 is 10.3 Å². The minimum absolute atomic E-state index is 0.580. The number of nitrogens with zero attached hydrogens (tertiary/aromatic N) is 3. The lowest BCUT2D eigenvalue weighted by Gasteiger charge is -2.30. The fourth-order valence-corrected chi connectivity index (χ4v) is 2.24. The summed E-state index contributed by atoms with van der Waals surface area (Å²) in [6, 6.07) is 1.16. The number of rotatable bonds is 7. The maximum atomic E-state index is 5.59. The van der Waals surface area contributed by atoms with Crippen LogP contribution in [0.25, 0.3) is 0 Å². The van der Waals surface area contributed by atoms with Crippen LogP contribution in [0.1, 0.15) is 33.4 Å². The third-order valence-electron chi connectivity index (χ3n) is 3.12. The van der Waals surface area contributed by atoms with Crippen LogP contribution in [0.2, 0.25) is 0 Å². The van der Waals surface area contributed by atoms with Crippen molar-refractivity contribution in [3.8, 4) is 0 Å². The van der Waals surface area contributed by atoms with Crippen molar-refractivity contribution in [2.24, 2.45) is 5.73 Å². The molecule has 0 unspecified atom stereocenters.